The molecule has 2 N–H and O–H groups in total. The van der Waals surface area contributed by atoms with Crippen molar-refractivity contribution >= 4 is 5.71 Å². The van der Waals surface area contributed by atoms with Gasteiger partial charge in [-0.25, -0.2) is 0 Å². The van der Waals surface area contributed by atoms with Gasteiger partial charge in [0.05, 0.1) is 12.1 Å². The second-order valence-corrected chi connectivity index (χ2v) is 5.40. The molecule has 0 fully saturated rings. The standard InChI is InChI=1S/C14H15F3N2O/c15-14(16,17)13(20)8-12(18-19-13)11-6-5-9-3-1-2-4-10(9)7-11/h5-7,19-20H,1-4,8H2. The number of rotatable bonds is 1. The molecule has 1 heterocycles. The predicted molar refractivity (Wildman–Crippen MR) is 68.4 cm³/mol. The first-order chi connectivity index (χ1) is 9.39. The number of nitrogens with one attached hydrogen (secondary N) is 1. The highest BCUT2D eigenvalue weighted by Crippen LogP contribution is 2.35. The number of aryl methyl sites for hydroxylation is 2. The van der Waals surface area contributed by atoms with Gasteiger partial charge in [0.15, 0.2) is 0 Å². The van der Waals surface area contributed by atoms with Crippen molar-refractivity contribution in [2.75, 3.05) is 0 Å². The third-order valence-corrected chi connectivity index (χ3v) is 3.95. The van der Waals surface area contributed by atoms with Gasteiger partial charge in [0.2, 0.25) is 0 Å². The van der Waals surface area contributed by atoms with E-state index in [9.17, 15) is 18.3 Å². The van der Waals surface area contributed by atoms with Crippen molar-refractivity contribution in [1.29, 1.82) is 0 Å². The van der Waals surface area contributed by atoms with Gasteiger partial charge in [0.1, 0.15) is 0 Å². The smallest absolute Gasteiger partial charge is 0.362 e. The lowest BCUT2D eigenvalue weighted by atomic mass is 9.89. The van der Waals surface area contributed by atoms with E-state index in [0.29, 0.717) is 5.56 Å². The van der Waals surface area contributed by atoms with E-state index in [4.69, 9.17) is 0 Å². The summed E-state index contributed by atoms with van der Waals surface area (Å²) in [5, 5.41) is 13.2. The molecule has 3 rings (SSSR count). The van der Waals surface area contributed by atoms with Gasteiger partial charge in [-0.05, 0) is 48.4 Å². The van der Waals surface area contributed by atoms with Crippen LogP contribution in [0, 0.1) is 0 Å². The van der Waals surface area contributed by atoms with Crippen molar-refractivity contribution in [1.82, 2.24) is 5.43 Å². The zero-order chi connectivity index (χ0) is 14.4. The molecule has 20 heavy (non-hydrogen) atoms. The van der Waals surface area contributed by atoms with E-state index in [1.165, 1.54) is 11.1 Å². The Hall–Kier alpha value is -1.56. The van der Waals surface area contributed by atoms with Crippen LogP contribution in [-0.4, -0.2) is 22.7 Å². The highest BCUT2D eigenvalue weighted by atomic mass is 19.4. The van der Waals surface area contributed by atoms with Crippen LogP contribution in [0.15, 0.2) is 23.3 Å². The zero-order valence-corrected chi connectivity index (χ0v) is 10.8. The summed E-state index contributed by atoms with van der Waals surface area (Å²) >= 11 is 0. The van der Waals surface area contributed by atoms with Crippen molar-refractivity contribution in [3.63, 3.8) is 0 Å². The van der Waals surface area contributed by atoms with Crippen LogP contribution in [0.2, 0.25) is 0 Å². The number of nitrogens with zero attached hydrogens (tertiary/aromatic N) is 1. The molecule has 1 unspecified atom stereocenters. The summed E-state index contributed by atoms with van der Waals surface area (Å²) < 4.78 is 38.2. The molecular formula is C14H15F3N2O. The fraction of sp³-hybridized carbons (Fsp3) is 0.500. The second kappa shape index (κ2) is 4.48. The fourth-order valence-corrected chi connectivity index (χ4v) is 2.72. The van der Waals surface area contributed by atoms with E-state index in [2.05, 4.69) is 5.10 Å². The molecular weight excluding hydrogens is 269 g/mol. The summed E-state index contributed by atoms with van der Waals surface area (Å²) in [6.07, 6.45) is -1.07. The molecule has 2 aliphatic rings. The fourth-order valence-electron chi connectivity index (χ4n) is 2.72. The molecule has 0 spiro atoms. The van der Waals surface area contributed by atoms with E-state index in [0.717, 1.165) is 25.7 Å². The highest BCUT2D eigenvalue weighted by molar-refractivity contribution is 6.02. The Kier molecular flexibility index (Phi) is 3.01. The molecule has 0 bridgehead atoms. The van der Waals surface area contributed by atoms with Gasteiger partial charge in [-0.1, -0.05) is 12.1 Å². The number of benzene rings is 1. The normalized spacial score (nSPS) is 25.9. The summed E-state index contributed by atoms with van der Waals surface area (Å²) in [4.78, 5) is 0. The minimum Gasteiger partial charge on any atom is -0.362 e. The lowest BCUT2D eigenvalue weighted by molar-refractivity contribution is -0.266. The number of fused-ring (bicyclic) bond motifs is 1. The Labute approximate surface area is 114 Å². The number of hydrogen-bond acceptors (Lipinski definition) is 3. The first kappa shape index (κ1) is 13.4. The Morgan fingerprint density at radius 1 is 1.15 bits per heavy atom. The van der Waals surface area contributed by atoms with Gasteiger partial charge in [-0.2, -0.15) is 18.3 Å². The van der Waals surface area contributed by atoms with Gasteiger partial charge < -0.3 is 5.11 Å². The Bertz CT molecular complexity index is 568. The van der Waals surface area contributed by atoms with Crippen LogP contribution < -0.4 is 5.43 Å². The van der Waals surface area contributed by atoms with Crippen LogP contribution in [-0.2, 0) is 12.8 Å². The number of aliphatic hydroxyl groups is 1. The predicted octanol–water partition coefficient (Wildman–Crippen LogP) is 2.51. The third-order valence-electron chi connectivity index (χ3n) is 3.95. The van der Waals surface area contributed by atoms with E-state index in [1.807, 2.05) is 17.6 Å². The Morgan fingerprint density at radius 2 is 1.85 bits per heavy atom. The minimum atomic E-state index is -4.74. The number of hydrogen-bond donors (Lipinski definition) is 2. The van der Waals surface area contributed by atoms with Crippen molar-refractivity contribution < 1.29 is 18.3 Å². The molecule has 0 aromatic heterocycles. The monoisotopic (exact) mass is 284 g/mol. The van der Waals surface area contributed by atoms with E-state index in [-0.39, 0.29) is 5.71 Å². The molecule has 6 heteroatoms. The zero-order valence-electron chi connectivity index (χ0n) is 10.8. The average molecular weight is 284 g/mol. The Morgan fingerprint density at radius 3 is 2.50 bits per heavy atom. The van der Waals surface area contributed by atoms with E-state index >= 15 is 0 Å². The van der Waals surface area contributed by atoms with Gasteiger partial charge in [-0.15, -0.1) is 0 Å². The molecule has 0 amide bonds. The summed E-state index contributed by atoms with van der Waals surface area (Å²) in [5.74, 6) is 0. The molecule has 108 valence electrons. The van der Waals surface area contributed by atoms with Crippen LogP contribution in [0.5, 0.6) is 0 Å². The van der Waals surface area contributed by atoms with Crippen LogP contribution in [0.4, 0.5) is 13.2 Å². The number of alkyl halides is 3. The van der Waals surface area contributed by atoms with Crippen molar-refractivity contribution in [2.45, 2.75) is 44.0 Å². The largest absolute Gasteiger partial charge is 0.438 e. The highest BCUT2D eigenvalue weighted by Gasteiger charge is 2.57. The number of halogens is 3. The molecule has 0 saturated carbocycles. The summed E-state index contributed by atoms with van der Waals surface area (Å²) in [6.45, 7) is 0. The summed E-state index contributed by atoms with van der Waals surface area (Å²) in [6, 6.07) is 5.64. The molecule has 1 aromatic carbocycles. The van der Waals surface area contributed by atoms with Gasteiger partial charge in [-0.3, -0.25) is 5.43 Å². The third kappa shape index (κ3) is 2.18. The topological polar surface area (TPSA) is 44.6 Å². The molecule has 1 aliphatic heterocycles. The maximum Gasteiger partial charge on any atom is 0.438 e. The molecule has 0 radical (unpaired) electrons. The van der Waals surface area contributed by atoms with Crippen LogP contribution in [0.1, 0.15) is 36.0 Å². The minimum absolute atomic E-state index is 0.248. The number of hydrazone groups is 1. The van der Waals surface area contributed by atoms with Crippen molar-refractivity contribution in [3.05, 3.63) is 34.9 Å². The van der Waals surface area contributed by atoms with Gasteiger partial charge >= 0.3 is 6.18 Å². The summed E-state index contributed by atoms with van der Waals surface area (Å²) in [5.41, 5.74) is 2.21. The van der Waals surface area contributed by atoms with Gasteiger partial charge in [0, 0.05) is 0 Å². The molecule has 0 saturated heterocycles. The lowest BCUT2D eigenvalue weighted by Gasteiger charge is -2.24. The Balaban J connectivity index is 1.85. The summed E-state index contributed by atoms with van der Waals surface area (Å²) in [7, 11) is 0. The van der Waals surface area contributed by atoms with Crippen LogP contribution >= 0.6 is 0 Å². The lowest BCUT2D eigenvalue weighted by Crippen LogP contribution is -2.52. The maximum absolute atomic E-state index is 12.7. The maximum atomic E-state index is 12.7. The first-order valence-electron chi connectivity index (χ1n) is 6.64. The van der Waals surface area contributed by atoms with Gasteiger partial charge in [0.25, 0.3) is 5.72 Å². The van der Waals surface area contributed by atoms with Crippen LogP contribution in [0.3, 0.4) is 0 Å². The molecule has 1 aliphatic carbocycles. The molecule has 1 atom stereocenters. The SMILES string of the molecule is OC1(C(F)(F)F)CC(c2ccc3c(c2)CCCC3)=NN1. The molecule has 3 nitrogen and oxygen atoms in total. The van der Waals surface area contributed by atoms with E-state index < -0.39 is 18.3 Å². The second-order valence-electron chi connectivity index (χ2n) is 5.40. The quantitative estimate of drug-likeness (QED) is 0.832. The average Bonchev–Trinajstić information content (AvgIpc) is 2.82. The first-order valence-corrected chi connectivity index (χ1v) is 6.64. The van der Waals surface area contributed by atoms with Crippen molar-refractivity contribution in [2.24, 2.45) is 5.10 Å². The van der Waals surface area contributed by atoms with Crippen LogP contribution in [0.25, 0.3) is 0 Å². The van der Waals surface area contributed by atoms with E-state index in [1.54, 1.807) is 6.07 Å². The van der Waals surface area contributed by atoms with Crippen molar-refractivity contribution in [3.8, 4) is 0 Å². The molecule has 1 aromatic rings.